The normalized spacial score (nSPS) is 21.1. The van der Waals surface area contributed by atoms with E-state index >= 15 is 0 Å². The molecule has 1 aromatic carbocycles. The minimum atomic E-state index is -5.80. The Labute approximate surface area is 241 Å². The topological polar surface area (TPSA) is 73.3 Å². The van der Waals surface area contributed by atoms with Crippen LogP contribution in [-0.4, -0.2) is 89.6 Å². The van der Waals surface area contributed by atoms with E-state index in [1.807, 2.05) is 9.80 Å². The number of carboxylic acid groups (broad SMARTS) is 1. The number of nitrogens with zero attached hydrogens (tertiary/aromatic N) is 3. The van der Waals surface area contributed by atoms with Crippen LogP contribution in [0.5, 0.6) is 0 Å². The van der Waals surface area contributed by atoms with Gasteiger partial charge in [-0.15, -0.1) is 0 Å². The van der Waals surface area contributed by atoms with Gasteiger partial charge in [-0.3, -0.25) is 14.6 Å². The molecule has 7 nitrogen and oxygen atoms in total. The number of rotatable bonds is 6. The summed E-state index contributed by atoms with van der Waals surface area (Å²) in [4.78, 5) is 28.2. The summed E-state index contributed by atoms with van der Waals surface area (Å²) in [6.07, 6.45) is -20.0. The molecule has 16 heteroatoms. The van der Waals surface area contributed by atoms with Gasteiger partial charge in [0.2, 0.25) is 0 Å². The molecule has 43 heavy (non-hydrogen) atoms. The highest BCUT2D eigenvalue weighted by Gasteiger charge is 2.60. The number of ether oxygens (including phenoxy) is 1. The molecule has 0 aliphatic carbocycles. The second-order valence-corrected chi connectivity index (χ2v) is 11.7. The summed E-state index contributed by atoms with van der Waals surface area (Å²) in [5.74, 6) is -1.38. The highest BCUT2D eigenvalue weighted by molar-refractivity contribution is 5.70. The summed E-state index contributed by atoms with van der Waals surface area (Å²) in [6, 6.07) is 3.56. The Morgan fingerprint density at radius 3 is 1.93 bits per heavy atom. The van der Waals surface area contributed by atoms with Gasteiger partial charge in [0, 0.05) is 32.7 Å². The summed E-state index contributed by atoms with van der Waals surface area (Å²) >= 11 is 0. The molecule has 4 rings (SSSR count). The Bertz CT molecular complexity index is 1140. The first-order chi connectivity index (χ1) is 19.9. The lowest BCUT2D eigenvalue weighted by molar-refractivity contribution is -0.308. The minimum Gasteiger partial charge on any atom is -0.481 e. The molecule has 1 N–H and O–H groups in total. The number of amides is 1. The third kappa shape index (κ3) is 8.25. The van der Waals surface area contributed by atoms with E-state index in [4.69, 9.17) is 0 Å². The molecule has 0 saturated carbocycles. The molecular formula is C27H32F9N3O4. The molecule has 3 aliphatic heterocycles. The standard InChI is InChI=1S/C27H32F9N3O4/c28-25(29,30)20-2-1-18(19(13-20)15-37-8-3-17(4-9-37)21(40)41)14-38-10-5-24(16-38)6-11-39(12-7-24)23(42)43-22(26(31,32)33)27(34,35)36/h1-2,13,17,22H,3-12,14-16H2,(H,40,41). The molecule has 1 spiro atoms. The van der Waals surface area contributed by atoms with Crippen molar-refractivity contribution >= 4 is 12.1 Å². The SMILES string of the molecule is O=C(O)C1CCN(Cc2cc(C(F)(F)F)ccc2CN2CCC3(CCN(C(=O)OC(C(F)(F)F)C(F)(F)F)CC3)C2)CC1. The van der Waals surface area contributed by atoms with Crippen LogP contribution in [0.15, 0.2) is 18.2 Å². The number of carbonyl (C=O) groups is 2. The van der Waals surface area contributed by atoms with Crippen molar-refractivity contribution in [3.8, 4) is 0 Å². The van der Waals surface area contributed by atoms with Gasteiger partial charge in [0.25, 0.3) is 6.10 Å². The second-order valence-electron chi connectivity index (χ2n) is 11.7. The Hall–Kier alpha value is -2.75. The third-order valence-corrected chi connectivity index (χ3v) is 8.67. The highest BCUT2D eigenvalue weighted by Crippen LogP contribution is 2.42. The van der Waals surface area contributed by atoms with Gasteiger partial charge in [0.1, 0.15) is 0 Å². The van der Waals surface area contributed by atoms with Crippen LogP contribution in [0.4, 0.5) is 44.3 Å². The van der Waals surface area contributed by atoms with E-state index in [1.54, 1.807) is 0 Å². The minimum absolute atomic E-state index is 0.0903. The zero-order valence-electron chi connectivity index (χ0n) is 23.0. The van der Waals surface area contributed by atoms with Crippen molar-refractivity contribution < 1.29 is 58.9 Å². The molecule has 0 bridgehead atoms. The number of aliphatic carboxylic acids is 1. The van der Waals surface area contributed by atoms with Crippen molar-refractivity contribution in [1.82, 2.24) is 14.7 Å². The van der Waals surface area contributed by atoms with Crippen molar-refractivity contribution in [3.05, 3.63) is 34.9 Å². The quantitative estimate of drug-likeness (QED) is 0.393. The van der Waals surface area contributed by atoms with Gasteiger partial charge in [0.15, 0.2) is 0 Å². The number of carboxylic acids is 1. The van der Waals surface area contributed by atoms with Crippen molar-refractivity contribution in [2.24, 2.45) is 11.3 Å². The predicted molar refractivity (Wildman–Crippen MR) is 133 cm³/mol. The average Bonchev–Trinajstić information content (AvgIpc) is 3.28. The number of piperidine rings is 2. The molecule has 3 aliphatic rings. The summed E-state index contributed by atoms with van der Waals surface area (Å²) in [5, 5.41) is 9.23. The predicted octanol–water partition coefficient (Wildman–Crippen LogP) is 5.92. The summed E-state index contributed by atoms with van der Waals surface area (Å²) in [6.45, 7) is 2.30. The first-order valence-corrected chi connectivity index (χ1v) is 13.8. The fraction of sp³-hybridized carbons (Fsp3) is 0.704. The monoisotopic (exact) mass is 633 g/mol. The van der Waals surface area contributed by atoms with E-state index in [0.717, 1.165) is 17.0 Å². The summed E-state index contributed by atoms with van der Waals surface area (Å²) in [7, 11) is 0. The fourth-order valence-corrected chi connectivity index (χ4v) is 6.15. The van der Waals surface area contributed by atoms with Crippen LogP contribution in [0, 0.1) is 11.3 Å². The van der Waals surface area contributed by atoms with Gasteiger partial charge in [-0.05, 0) is 80.4 Å². The Morgan fingerprint density at radius 2 is 1.40 bits per heavy atom. The van der Waals surface area contributed by atoms with Crippen molar-refractivity contribution in [2.75, 3.05) is 39.3 Å². The van der Waals surface area contributed by atoms with Crippen LogP contribution in [0.3, 0.4) is 0 Å². The van der Waals surface area contributed by atoms with Gasteiger partial charge in [-0.25, -0.2) is 4.79 Å². The van der Waals surface area contributed by atoms with Gasteiger partial charge in [-0.1, -0.05) is 6.07 Å². The zero-order chi connectivity index (χ0) is 31.8. The van der Waals surface area contributed by atoms with Crippen LogP contribution in [0.2, 0.25) is 0 Å². The summed E-state index contributed by atoms with van der Waals surface area (Å²) in [5.41, 5.74) is 0.0135. The maximum absolute atomic E-state index is 13.5. The maximum atomic E-state index is 13.5. The van der Waals surface area contributed by atoms with Crippen molar-refractivity contribution in [3.63, 3.8) is 0 Å². The molecule has 3 saturated heterocycles. The molecule has 0 aromatic heterocycles. The highest BCUT2D eigenvalue weighted by atomic mass is 19.4. The molecule has 3 fully saturated rings. The molecule has 1 aromatic rings. The molecule has 0 atom stereocenters. The molecular weight excluding hydrogens is 601 g/mol. The molecule has 0 unspecified atom stereocenters. The number of benzene rings is 1. The number of halogens is 9. The van der Waals surface area contributed by atoms with Gasteiger partial charge >= 0.3 is 30.6 Å². The number of alkyl halides is 9. The summed E-state index contributed by atoms with van der Waals surface area (Å²) < 4.78 is 121. The Kier molecular flexibility index (Phi) is 9.50. The number of carbonyl (C=O) groups excluding carboxylic acids is 1. The fourth-order valence-electron chi connectivity index (χ4n) is 6.15. The van der Waals surface area contributed by atoms with E-state index in [1.165, 1.54) is 6.07 Å². The van der Waals surface area contributed by atoms with Crippen LogP contribution < -0.4 is 0 Å². The largest absolute Gasteiger partial charge is 0.481 e. The lowest BCUT2D eigenvalue weighted by Gasteiger charge is -2.39. The average molecular weight is 634 g/mol. The number of hydrogen-bond acceptors (Lipinski definition) is 5. The van der Waals surface area contributed by atoms with E-state index in [9.17, 15) is 54.2 Å². The Balaban J connectivity index is 1.37. The van der Waals surface area contributed by atoms with E-state index < -0.39 is 48.2 Å². The second kappa shape index (κ2) is 12.3. The van der Waals surface area contributed by atoms with Crippen molar-refractivity contribution in [2.45, 2.75) is 69.8 Å². The first kappa shape index (κ1) is 33.1. The first-order valence-electron chi connectivity index (χ1n) is 13.8. The van der Waals surface area contributed by atoms with Crippen LogP contribution in [0.1, 0.15) is 48.8 Å². The van der Waals surface area contributed by atoms with E-state index in [-0.39, 0.29) is 25.0 Å². The van der Waals surface area contributed by atoms with E-state index in [2.05, 4.69) is 4.74 Å². The van der Waals surface area contributed by atoms with Crippen LogP contribution in [0.25, 0.3) is 0 Å². The van der Waals surface area contributed by atoms with Crippen LogP contribution in [-0.2, 0) is 28.8 Å². The van der Waals surface area contributed by atoms with Gasteiger partial charge in [-0.2, -0.15) is 39.5 Å². The lowest BCUT2D eigenvalue weighted by Crippen LogP contribution is -2.50. The zero-order valence-corrected chi connectivity index (χ0v) is 23.0. The number of hydrogen-bond donors (Lipinski definition) is 1. The van der Waals surface area contributed by atoms with Gasteiger partial charge < -0.3 is 14.7 Å². The lowest BCUT2D eigenvalue weighted by atomic mass is 9.78. The molecule has 0 radical (unpaired) electrons. The maximum Gasteiger partial charge on any atom is 0.434 e. The van der Waals surface area contributed by atoms with Crippen molar-refractivity contribution in [1.29, 1.82) is 0 Å². The smallest absolute Gasteiger partial charge is 0.434 e. The van der Waals surface area contributed by atoms with Gasteiger partial charge in [0.05, 0.1) is 11.5 Å². The Morgan fingerprint density at radius 1 is 0.837 bits per heavy atom. The molecule has 1 amide bonds. The molecule has 242 valence electrons. The van der Waals surface area contributed by atoms with Crippen LogP contribution >= 0.6 is 0 Å². The molecule has 3 heterocycles. The number of likely N-dealkylation sites (tertiary alicyclic amines) is 3. The van der Waals surface area contributed by atoms with E-state index in [0.29, 0.717) is 76.0 Å². The third-order valence-electron chi connectivity index (χ3n) is 8.67.